The predicted octanol–water partition coefficient (Wildman–Crippen LogP) is 2.08. The summed E-state index contributed by atoms with van der Waals surface area (Å²) in [5.74, 6) is 0.0907. The molecule has 2 N–H and O–H groups in total. The largest absolute Gasteiger partial charge is 0.435 e. The van der Waals surface area contributed by atoms with Crippen LogP contribution in [0.2, 0.25) is 0 Å². The maximum Gasteiger partial charge on any atom is 0.387 e. The van der Waals surface area contributed by atoms with Crippen LogP contribution in [0.3, 0.4) is 0 Å². The summed E-state index contributed by atoms with van der Waals surface area (Å²) in [6, 6.07) is 6.12. The Labute approximate surface area is 122 Å². The van der Waals surface area contributed by atoms with Crippen molar-refractivity contribution in [3.63, 3.8) is 0 Å². The molecular formula is C13H17ClF2N2O2. The highest BCUT2D eigenvalue weighted by atomic mass is 35.5. The Kier molecular flexibility index (Phi) is 6.67. The maximum absolute atomic E-state index is 12.0. The summed E-state index contributed by atoms with van der Waals surface area (Å²) in [7, 11) is 0. The number of hydrogen-bond donors (Lipinski definition) is 2. The van der Waals surface area contributed by atoms with Crippen LogP contribution in [0.15, 0.2) is 24.3 Å². The first-order chi connectivity index (χ1) is 9.15. The molecule has 1 atom stereocenters. The van der Waals surface area contributed by atoms with E-state index in [0.29, 0.717) is 6.54 Å². The molecule has 1 aliphatic heterocycles. The Morgan fingerprint density at radius 2 is 2.10 bits per heavy atom. The lowest BCUT2D eigenvalue weighted by atomic mass is 10.2. The van der Waals surface area contributed by atoms with Gasteiger partial charge in [-0.3, -0.25) is 4.79 Å². The maximum atomic E-state index is 12.0. The first-order valence-electron chi connectivity index (χ1n) is 6.20. The molecular weight excluding hydrogens is 290 g/mol. The van der Waals surface area contributed by atoms with Crippen molar-refractivity contribution in [2.75, 3.05) is 6.54 Å². The first kappa shape index (κ1) is 16.7. The van der Waals surface area contributed by atoms with Crippen molar-refractivity contribution < 1.29 is 18.3 Å². The number of carbonyl (C=O) groups is 1. The molecule has 0 aliphatic carbocycles. The van der Waals surface area contributed by atoms with Crippen LogP contribution < -0.4 is 15.4 Å². The summed E-state index contributed by atoms with van der Waals surface area (Å²) >= 11 is 0. The summed E-state index contributed by atoms with van der Waals surface area (Å²) in [4.78, 5) is 11.7. The number of nitrogens with one attached hydrogen (secondary N) is 2. The zero-order valence-electron chi connectivity index (χ0n) is 10.8. The van der Waals surface area contributed by atoms with Crippen LogP contribution in [-0.4, -0.2) is 25.1 Å². The number of carbonyl (C=O) groups excluding carboxylic acids is 1. The smallest absolute Gasteiger partial charge is 0.387 e. The Morgan fingerprint density at radius 3 is 2.65 bits per heavy atom. The van der Waals surface area contributed by atoms with Gasteiger partial charge in [0.25, 0.3) is 0 Å². The van der Waals surface area contributed by atoms with Crippen molar-refractivity contribution in [1.29, 1.82) is 0 Å². The minimum absolute atomic E-state index is 0. The van der Waals surface area contributed by atoms with Crippen LogP contribution in [0.4, 0.5) is 8.78 Å². The second kappa shape index (κ2) is 8.01. The first-order valence-corrected chi connectivity index (χ1v) is 6.20. The molecule has 112 valence electrons. The molecule has 0 bridgehead atoms. The van der Waals surface area contributed by atoms with Crippen LogP contribution in [0.25, 0.3) is 0 Å². The summed E-state index contributed by atoms with van der Waals surface area (Å²) < 4.78 is 28.2. The monoisotopic (exact) mass is 306 g/mol. The quantitative estimate of drug-likeness (QED) is 0.876. The van der Waals surface area contributed by atoms with Crippen LogP contribution in [0, 0.1) is 0 Å². The van der Waals surface area contributed by atoms with Gasteiger partial charge in [-0.05, 0) is 37.1 Å². The molecule has 1 heterocycles. The Morgan fingerprint density at radius 1 is 1.40 bits per heavy atom. The van der Waals surface area contributed by atoms with Crippen molar-refractivity contribution in [2.24, 2.45) is 0 Å². The number of amides is 1. The number of alkyl halides is 2. The molecule has 20 heavy (non-hydrogen) atoms. The Balaban J connectivity index is 0.00000200. The number of rotatable bonds is 5. The molecule has 1 unspecified atom stereocenters. The molecule has 0 aromatic heterocycles. The van der Waals surface area contributed by atoms with E-state index in [1.54, 1.807) is 12.1 Å². The number of benzene rings is 1. The van der Waals surface area contributed by atoms with Crippen molar-refractivity contribution in [1.82, 2.24) is 10.6 Å². The van der Waals surface area contributed by atoms with Crippen LogP contribution in [0.1, 0.15) is 18.4 Å². The molecule has 1 fully saturated rings. The molecule has 1 aromatic carbocycles. The van der Waals surface area contributed by atoms with Gasteiger partial charge in [0.05, 0.1) is 6.04 Å². The highest BCUT2D eigenvalue weighted by Gasteiger charge is 2.21. The summed E-state index contributed by atoms with van der Waals surface area (Å²) in [6.45, 7) is -1.57. The number of ether oxygens (including phenoxy) is 1. The number of hydrogen-bond acceptors (Lipinski definition) is 3. The average Bonchev–Trinajstić information content (AvgIpc) is 2.91. The van der Waals surface area contributed by atoms with E-state index in [4.69, 9.17) is 0 Å². The SMILES string of the molecule is Cl.O=C(NCc1ccc(OC(F)F)cc1)C1CCCN1. The van der Waals surface area contributed by atoms with Gasteiger partial charge >= 0.3 is 6.61 Å². The van der Waals surface area contributed by atoms with Gasteiger partial charge in [0.1, 0.15) is 5.75 Å². The van der Waals surface area contributed by atoms with Crippen molar-refractivity contribution in [2.45, 2.75) is 32.0 Å². The minimum Gasteiger partial charge on any atom is -0.435 e. The van der Waals surface area contributed by atoms with E-state index in [0.717, 1.165) is 24.9 Å². The van der Waals surface area contributed by atoms with Crippen LogP contribution in [-0.2, 0) is 11.3 Å². The van der Waals surface area contributed by atoms with Gasteiger partial charge in [-0.15, -0.1) is 12.4 Å². The van der Waals surface area contributed by atoms with Crippen LogP contribution in [0.5, 0.6) is 5.75 Å². The van der Waals surface area contributed by atoms with Gasteiger partial charge in [0.15, 0.2) is 0 Å². The van der Waals surface area contributed by atoms with E-state index in [1.165, 1.54) is 12.1 Å². The van der Waals surface area contributed by atoms with Gasteiger partial charge in [0, 0.05) is 6.54 Å². The molecule has 1 saturated heterocycles. The molecule has 0 saturated carbocycles. The van der Waals surface area contributed by atoms with Gasteiger partial charge in [-0.1, -0.05) is 12.1 Å². The fourth-order valence-electron chi connectivity index (χ4n) is 2.01. The van der Waals surface area contributed by atoms with Gasteiger partial charge in [-0.2, -0.15) is 8.78 Å². The van der Waals surface area contributed by atoms with Gasteiger partial charge in [0.2, 0.25) is 5.91 Å². The average molecular weight is 307 g/mol. The van der Waals surface area contributed by atoms with E-state index in [-0.39, 0.29) is 30.1 Å². The minimum atomic E-state index is -2.82. The second-order valence-electron chi connectivity index (χ2n) is 4.39. The number of halogens is 3. The zero-order chi connectivity index (χ0) is 13.7. The molecule has 1 aliphatic rings. The van der Waals surface area contributed by atoms with E-state index in [1.807, 2.05) is 0 Å². The summed E-state index contributed by atoms with van der Waals surface area (Å²) in [5, 5.41) is 5.92. The Bertz CT molecular complexity index is 423. The molecule has 0 radical (unpaired) electrons. The lowest BCUT2D eigenvalue weighted by molar-refractivity contribution is -0.122. The van der Waals surface area contributed by atoms with Gasteiger partial charge < -0.3 is 15.4 Å². The molecule has 4 nitrogen and oxygen atoms in total. The van der Waals surface area contributed by atoms with Crippen molar-refractivity contribution in [3.05, 3.63) is 29.8 Å². The molecule has 1 aromatic rings. The Hall–Kier alpha value is -1.40. The van der Waals surface area contributed by atoms with Crippen molar-refractivity contribution in [3.8, 4) is 5.75 Å². The van der Waals surface area contributed by atoms with E-state index >= 15 is 0 Å². The second-order valence-corrected chi connectivity index (χ2v) is 4.39. The van der Waals surface area contributed by atoms with E-state index in [2.05, 4.69) is 15.4 Å². The summed E-state index contributed by atoms with van der Waals surface area (Å²) in [6.07, 6.45) is 1.87. The molecule has 1 amide bonds. The van der Waals surface area contributed by atoms with Crippen molar-refractivity contribution >= 4 is 18.3 Å². The third-order valence-electron chi connectivity index (χ3n) is 2.99. The highest BCUT2D eigenvalue weighted by molar-refractivity contribution is 5.85. The molecule has 0 spiro atoms. The predicted molar refractivity (Wildman–Crippen MR) is 73.2 cm³/mol. The third kappa shape index (κ3) is 4.94. The van der Waals surface area contributed by atoms with Gasteiger partial charge in [-0.25, -0.2) is 0 Å². The lowest BCUT2D eigenvalue weighted by Gasteiger charge is -2.11. The normalized spacial score (nSPS) is 17.6. The van der Waals surface area contributed by atoms with E-state index < -0.39 is 6.61 Å². The topological polar surface area (TPSA) is 50.4 Å². The van der Waals surface area contributed by atoms with E-state index in [9.17, 15) is 13.6 Å². The lowest BCUT2D eigenvalue weighted by Crippen LogP contribution is -2.39. The molecule has 7 heteroatoms. The fourth-order valence-corrected chi connectivity index (χ4v) is 2.01. The highest BCUT2D eigenvalue weighted by Crippen LogP contribution is 2.15. The fraction of sp³-hybridized carbons (Fsp3) is 0.462. The van der Waals surface area contributed by atoms with Crippen LogP contribution >= 0.6 is 12.4 Å². The standard InChI is InChI=1S/C13H16F2N2O2.ClH/c14-13(15)19-10-5-3-9(4-6-10)8-17-12(18)11-2-1-7-16-11;/h3-6,11,13,16H,1-2,7-8H2,(H,17,18);1H. The third-order valence-corrected chi connectivity index (χ3v) is 2.99. The summed E-state index contributed by atoms with van der Waals surface area (Å²) in [5.41, 5.74) is 0.841. The molecule has 2 rings (SSSR count). The zero-order valence-corrected chi connectivity index (χ0v) is 11.6.